The molecule has 21 heavy (non-hydrogen) atoms. The Morgan fingerprint density at radius 1 is 1.43 bits per heavy atom. The molecule has 2 atom stereocenters. The fourth-order valence-corrected chi connectivity index (χ4v) is 3.50. The maximum Gasteiger partial charge on any atom is 0.308 e. The molecular formula is C15H22N2O3S. The first-order valence-electron chi connectivity index (χ1n) is 7.21. The number of piperidine rings is 1. The number of aromatic nitrogens is 1. The van der Waals surface area contributed by atoms with E-state index in [2.05, 4.69) is 25.8 Å². The van der Waals surface area contributed by atoms with E-state index in [9.17, 15) is 14.7 Å². The van der Waals surface area contributed by atoms with Gasteiger partial charge in [-0.05, 0) is 19.8 Å². The molecule has 1 aromatic heterocycles. The smallest absolute Gasteiger partial charge is 0.308 e. The number of hydrogen-bond acceptors (Lipinski definition) is 4. The largest absolute Gasteiger partial charge is 0.481 e. The third-order valence-corrected chi connectivity index (χ3v) is 5.20. The minimum Gasteiger partial charge on any atom is -0.481 e. The van der Waals surface area contributed by atoms with Crippen molar-refractivity contribution in [2.75, 3.05) is 6.54 Å². The summed E-state index contributed by atoms with van der Waals surface area (Å²) in [5, 5.41) is 11.9. The van der Waals surface area contributed by atoms with Crippen LogP contribution in [-0.2, 0) is 10.2 Å². The molecule has 0 saturated carbocycles. The Labute approximate surface area is 129 Å². The van der Waals surface area contributed by atoms with Crippen molar-refractivity contribution in [1.82, 2.24) is 9.88 Å². The fourth-order valence-electron chi connectivity index (χ4n) is 2.62. The molecule has 116 valence electrons. The summed E-state index contributed by atoms with van der Waals surface area (Å²) in [6, 6.07) is -0.288. The Hall–Kier alpha value is -1.43. The van der Waals surface area contributed by atoms with Gasteiger partial charge in [-0.1, -0.05) is 20.8 Å². The van der Waals surface area contributed by atoms with E-state index < -0.39 is 11.9 Å². The van der Waals surface area contributed by atoms with Gasteiger partial charge in [-0.15, -0.1) is 11.3 Å². The van der Waals surface area contributed by atoms with Gasteiger partial charge in [0.2, 0.25) is 0 Å². The molecule has 6 heteroatoms. The molecule has 1 saturated heterocycles. The summed E-state index contributed by atoms with van der Waals surface area (Å²) in [6.07, 6.45) is 1.36. The van der Waals surface area contributed by atoms with Crippen LogP contribution in [0.5, 0.6) is 0 Å². The van der Waals surface area contributed by atoms with Crippen molar-refractivity contribution in [3.63, 3.8) is 0 Å². The van der Waals surface area contributed by atoms with E-state index in [-0.39, 0.29) is 17.4 Å². The van der Waals surface area contributed by atoms with Gasteiger partial charge in [0.15, 0.2) is 0 Å². The zero-order valence-electron chi connectivity index (χ0n) is 12.9. The van der Waals surface area contributed by atoms with Gasteiger partial charge >= 0.3 is 5.97 Å². The number of carbonyl (C=O) groups excluding carboxylic acids is 1. The Morgan fingerprint density at radius 2 is 2.10 bits per heavy atom. The number of thiazole rings is 1. The van der Waals surface area contributed by atoms with E-state index in [1.165, 1.54) is 11.3 Å². The summed E-state index contributed by atoms with van der Waals surface area (Å²) in [5.74, 6) is -1.46. The third kappa shape index (κ3) is 3.26. The highest BCUT2D eigenvalue weighted by Gasteiger charge is 2.36. The average molecular weight is 310 g/mol. The van der Waals surface area contributed by atoms with E-state index in [4.69, 9.17) is 0 Å². The minimum atomic E-state index is -0.825. The molecule has 0 aromatic carbocycles. The Morgan fingerprint density at radius 3 is 2.62 bits per heavy atom. The van der Waals surface area contributed by atoms with Crippen LogP contribution in [0.25, 0.3) is 0 Å². The highest BCUT2D eigenvalue weighted by Crippen LogP contribution is 2.28. The van der Waals surface area contributed by atoms with E-state index in [0.717, 1.165) is 11.4 Å². The number of carboxylic acid groups (broad SMARTS) is 1. The van der Waals surface area contributed by atoms with Crippen molar-refractivity contribution in [2.24, 2.45) is 5.92 Å². The van der Waals surface area contributed by atoms with Crippen molar-refractivity contribution in [2.45, 2.75) is 52.0 Å². The van der Waals surface area contributed by atoms with Crippen LogP contribution < -0.4 is 0 Å². The molecule has 1 fully saturated rings. The van der Waals surface area contributed by atoms with Crippen LogP contribution in [0.2, 0.25) is 0 Å². The second kappa shape index (κ2) is 5.75. The minimum absolute atomic E-state index is 0.0830. The number of carbonyl (C=O) groups is 2. The summed E-state index contributed by atoms with van der Waals surface area (Å²) < 4.78 is 0. The normalized spacial score (nSPS) is 23.1. The second-order valence-corrected chi connectivity index (χ2v) is 7.47. The zero-order valence-corrected chi connectivity index (χ0v) is 13.7. The Bertz CT molecular complexity index is 547. The van der Waals surface area contributed by atoms with Crippen LogP contribution in [0.1, 0.15) is 56.0 Å². The first-order chi connectivity index (χ1) is 9.71. The summed E-state index contributed by atoms with van der Waals surface area (Å²) in [5.41, 5.74) is 0.350. The van der Waals surface area contributed by atoms with Crippen molar-refractivity contribution < 1.29 is 14.7 Å². The maximum absolute atomic E-state index is 12.6. The Balaban J connectivity index is 2.19. The topological polar surface area (TPSA) is 70.5 Å². The van der Waals surface area contributed by atoms with E-state index >= 15 is 0 Å². The number of likely N-dealkylation sites (tertiary alicyclic amines) is 1. The molecule has 1 aliphatic heterocycles. The van der Waals surface area contributed by atoms with Crippen LogP contribution in [0.4, 0.5) is 0 Å². The van der Waals surface area contributed by atoms with Gasteiger partial charge in [0.1, 0.15) is 5.69 Å². The molecule has 0 bridgehead atoms. The summed E-state index contributed by atoms with van der Waals surface area (Å²) in [4.78, 5) is 29.9. The van der Waals surface area contributed by atoms with Gasteiger partial charge in [0.25, 0.3) is 5.91 Å². The standard InChI is InChI=1S/C15H22N2O3S/c1-9-10(13(19)20)6-5-7-17(9)12(18)11-8-21-14(16-11)15(2,3)4/h8-10H,5-7H2,1-4H3,(H,19,20)/t9-,10-/m1/s1. The van der Waals surface area contributed by atoms with Gasteiger partial charge in [0.05, 0.1) is 10.9 Å². The first kappa shape index (κ1) is 15.9. The lowest BCUT2D eigenvalue weighted by atomic mass is 9.90. The molecule has 1 N–H and O–H groups in total. The molecule has 1 amide bonds. The number of rotatable bonds is 2. The second-order valence-electron chi connectivity index (χ2n) is 6.61. The lowest BCUT2D eigenvalue weighted by Gasteiger charge is -2.37. The quantitative estimate of drug-likeness (QED) is 0.912. The lowest BCUT2D eigenvalue weighted by Crippen LogP contribution is -2.49. The number of hydrogen-bond donors (Lipinski definition) is 1. The first-order valence-corrected chi connectivity index (χ1v) is 8.09. The van der Waals surface area contributed by atoms with Crippen LogP contribution in [0.15, 0.2) is 5.38 Å². The fraction of sp³-hybridized carbons (Fsp3) is 0.667. The predicted octanol–water partition coefficient (Wildman–Crippen LogP) is 2.77. The summed E-state index contributed by atoms with van der Waals surface area (Å²) in [7, 11) is 0. The molecule has 0 unspecified atom stereocenters. The zero-order chi connectivity index (χ0) is 15.8. The summed E-state index contributed by atoms with van der Waals surface area (Å²) >= 11 is 1.48. The van der Waals surface area contributed by atoms with Gasteiger partial charge in [-0.25, -0.2) is 4.98 Å². The van der Waals surface area contributed by atoms with Crippen molar-refractivity contribution in [3.8, 4) is 0 Å². The van der Waals surface area contributed by atoms with Crippen LogP contribution in [0.3, 0.4) is 0 Å². The van der Waals surface area contributed by atoms with Gasteiger partial charge in [-0.3, -0.25) is 9.59 Å². The molecule has 2 rings (SSSR count). The third-order valence-electron chi connectivity index (χ3n) is 3.93. The van der Waals surface area contributed by atoms with Gasteiger partial charge in [0, 0.05) is 23.4 Å². The van der Waals surface area contributed by atoms with E-state index in [1.54, 1.807) is 10.3 Å². The molecule has 2 heterocycles. The highest BCUT2D eigenvalue weighted by atomic mass is 32.1. The molecule has 0 aliphatic carbocycles. The number of carboxylic acids is 1. The van der Waals surface area contributed by atoms with E-state index in [0.29, 0.717) is 18.7 Å². The maximum atomic E-state index is 12.6. The molecule has 1 aromatic rings. The SMILES string of the molecule is C[C@@H]1[C@H](C(=O)O)CCCN1C(=O)c1csc(C(C)(C)C)n1. The number of amides is 1. The molecular weight excluding hydrogens is 288 g/mol. The summed E-state index contributed by atoms with van der Waals surface area (Å²) in [6.45, 7) is 8.59. The lowest BCUT2D eigenvalue weighted by molar-refractivity contribution is -0.144. The van der Waals surface area contributed by atoms with Crippen molar-refractivity contribution in [1.29, 1.82) is 0 Å². The van der Waals surface area contributed by atoms with Gasteiger partial charge in [-0.2, -0.15) is 0 Å². The monoisotopic (exact) mass is 310 g/mol. The van der Waals surface area contributed by atoms with Gasteiger partial charge < -0.3 is 10.0 Å². The molecule has 0 radical (unpaired) electrons. The van der Waals surface area contributed by atoms with Crippen molar-refractivity contribution in [3.05, 3.63) is 16.1 Å². The van der Waals surface area contributed by atoms with Crippen LogP contribution >= 0.6 is 11.3 Å². The Kier molecular flexibility index (Phi) is 4.37. The average Bonchev–Trinajstić information content (AvgIpc) is 2.87. The highest BCUT2D eigenvalue weighted by molar-refractivity contribution is 7.10. The van der Waals surface area contributed by atoms with E-state index in [1.807, 2.05) is 6.92 Å². The number of nitrogens with zero attached hydrogens (tertiary/aromatic N) is 2. The predicted molar refractivity (Wildman–Crippen MR) is 81.7 cm³/mol. The van der Waals surface area contributed by atoms with Crippen molar-refractivity contribution >= 4 is 23.2 Å². The molecule has 0 spiro atoms. The van der Waals surface area contributed by atoms with Crippen LogP contribution in [0, 0.1) is 5.92 Å². The molecule has 1 aliphatic rings. The van der Waals surface area contributed by atoms with Crippen LogP contribution in [-0.4, -0.2) is 39.5 Å². The molecule has 5 nitrogen and oxygen atoms in total. The number of aliphatic carboxylic acids is 1.